The Morgan fingerprint density at radius 1 is 1.20 bits per heavy atom. The minimum atomic E-state index is -0.442. The van der Waals surface area contributed by atoms with E-state index in [-0.39, 0.29) is 12.1 Å². The number of amides is 1. The van der Waals surface area contributed by atoms with Gasteiger partial charge in [-0.1, -0.05) is 36.4 Å². The van der Waals surface area contributed by atoms with Crippen LogP contribution < -0.4 is 5.32 Å². The molecule has 1 aliphatic heterocycles. The van der Waals surface area contributed by atoms with Crippen molar-refractivity contribution in [1.29, 1.82) is 0 Å². The van der Waals surface area contributed by atoms with Crippen LogP contribution >= 0.6 is 0 Å². The third-order valence-electron chi connectivity index (χ3n) is 4.53. The average molecular weight is 340 g/mol. The van der Waals surface area contributed by atoms with Crippen molar-refractivity contribution in [2.75, 3.05) is 13.1 Å². The van der Waals surface area contributed by atoms with Gasteiger partial charge in [-0.05, 0) is 56.0 Å². The zero-order chi connectivity index (χ0) is 17.9. The first-order valence-electron chi connectivity index (χ1n) is 9.10. The molecule has 4 heteroatoms. The van der Waals surface area contributed by atoms with E-state index in [2.05, 4.69) is 47.8 Å². The van der Waals surface area contributed by atoms with Gasteiger partial charge in [0.25, 0.3) is 0 Å². The molecule has 1 fully saturated rings. The third kappa shape index (κ3) is 4.73. The number of hydrogen-bond acceptors (Lipinski definition) is 3. The Labute approximate surface area is 150 Å². The lowest BCUT2D eigenvalue weighted by Crippen LogP contribution is -2.44. The fourth-order valence-corrected chi connectivity index (χ4v) is 3.34. The maximum atomic E-state index is 12.3. The smallest absolute Gasteiger partial charge is 0.410 e. The quantitative estimate of drug-likeness (QED) is 0.901. The number of carbonyl (C=O) groups excluding carboxylic acids is 1. The van der Waals surface area contributed by atoms with E-state index in [1.165, 1.54) is 16.3 Å². The summed E-state index contributed by atoms with van der Waals surface area (Å²) in [6.07, 6.45) is 1.88. The van der Waals surface area contributed by atoms with Crippen LogP contribution in [0.25, 0.3) is 10.8 Å². The summed E-state index contributed by atoms with van der Waals surface area (Å²) in [5, 5.41) is 6.03. The fraction of sp³-hybridized carbons (Fsp3) is 0.476. The Kier molecular flexibility index (Phi) is 5.28. The molecule has 25 heavy (non-hydrogen) atoms. The normalized spacial score (nSPS) is 17.9. The van der Waals surface area contributed by atoms with E-state index in [0.29, 0.717) is 0 Å². The van der Waals surface area contributed by atoms with E-state index in [1.54, 1.807) is 0 Å². The van der Waals surface area contributed by atoms with E-state index in [9.17, 15) is 4.79 Å². The number of rotatable bonds is 4. The molecule has 2 aromatic carbocycles. The van der Waals surface area contributed by atoms with Gasteiger partial charge in [-0.25, -0.2) is 4.79 Å². The number of hydrogen-bond donors (Lipinski definition) is 1. The summed E-state index contributed by atoms with van der Waals surface area (Å²) in [6, 6.07) is 15.2. The van der Waals surface area contributed by atoms with Crippen LogP contribution in [0.2, 0.25) is 0 Å². The largest absolute Gasteiger partial charge is 0.444 e. The van der Waals surface area contributed by atoms with Crippen molar-refractivity contribution < 1.29 is 9.53 Å². The van der Waals surface area contributed by atoms with Crippen LogP contribution in [-0.4, -0.2) is 35.7 Å². The second kappa shape index (κ2) is 7.44. The highest BCUT2D eigenvalue weighted by atomic mass is 16.6. The number of likely N-dealkylation sites (tertiary alicyclic amines) is 1. The number of nitrogens with one attached hydrogen (secondary N) is 1. The van der Waals surface area contributed by atoms with Crippen LogP contribution in [-0.2, 0) is 11.3 Å². The third-order valence-corrected chi connectivity index (χ3v) is 4.53. The van der Waals surface area contributed by atoms with Crippen molar-refractivity contribution in [3.8, 4) is 0 Å². The predicted octanol–water partition coefficient (Wildman–Crippen LogP) is 4.33. The van der Waals surface area contributed by atoms with Gasteiger partial charge < -0.3 is 15.0 Å². The molecule has 0 aliphatic carbocycles. The molecule has 1 saturated heterocycles. The first-order chi connectivity index (χ1) is 11.9. The summed E-state index contributed by atoms with van der Waals surface area (Å²) in [6.45, 7) is 8.13. The molecule has 3 rings (SSSR count). The lowest BCUT2D eigenvalue weighted by Gasteiger charge is -2.28. The second-order valence-corrected chi connectivity index (χ2v) is 7.78. The van der Waals surface area contributed by atoms with Gasteiger partial charge in [0.15, 0.2) is 0 Å². The van der Waals surface area contributed by atoms with Crippen molar-refractivity contribution in [2.24, 2.45) is 0 Å². The maximum Gasteiger partial charge on any atom is 0.410 e. The number of benzene rings is 2. The molecule has 1 atom stereocenters. The topological polar surface area (TPSA) is 41.6 Å². The Hall–Kier alpha value is -2.07. The van der Waals surface area contributed by atoms with Gasteiger partial charge in [-0.15, -0.1) is 0 Å². The van der Waals surface area contributed by atoms with Crippen LogP contribution in [0.4, 0.5) is 4.79 Å². The molecular weight excluding hydrogens is 312 g/mol. The molecule has 1 N–H and O–H groups in total. The lowest BCUT2D eigenvalue weighted by molar-refractivity contribution is 0.0226. The molecule has 0 aromatic heterocycles. The standard InChI is InChI=1S/C21H28N2O2/c1-21(2,3)25-20(24)23-12-6-9-19(23)15-22-14-16-10-11-17-7-4-5-8-18(17)13-16/h4-5,7-8,10-11,13,19,22H,6,9,12,14-15H2,1-3H3. The summed E-state index contributed by atoms with van der Waals surface area (Å²) in [7, 11) is 0. The number of fused-ring (bicyclic) bond motifs is 1. The van der Waals surface area contributed by atoms with E-state index >= 15 is 0 Å². The van der Waals surface area contributed by atoms with Gasteiger partial charge >= 0.3 is 6.09 Å². The molecule has 2 aromatic rings. The van der Waals surface area contributed by atoms with Crippen molar-refractivity contribution in [3.05, 3.63) is 48.0 Å². The molecule has 0 radical (unpaired) electrons. The monoisotopic (exact) mass is 340 g/mol. The van der Waals surface area contributed by atoms with Crippen molar-refractivity contribution in [1.82, 2.24) is 10.2 Å². The highest BCUT2D eigenvalue weighted by Crippen LogP contribution is 2.21. The van der Waals surface area contributed by atoms with E-state index < -0.39 is 5.60 Å². The molecule has 1 unspecified atom stereocenters. The van der Waals surface area contributed by atoms with Crippen LogP contribution in [0.15, 0.2) is 42.5 Å². The Morgan fingerprint density at radius 2 is 1.96 bits per heavy atom. The highest BCUT2D eigenvalue weighted by molar-refractivity contribution is 5.82. The van der Waals surface area contributed by atoms with Gasteiger partial charge in [-0.2, -0.15) is 0 Å². The molecule has 1 amide bonds. The first-order valence-corrected chi connectivity index (χ1v) is 9.10. The fourth-order valence-electron chi connectivity index (χ4n) is 3.34. The molecule has 1 aliphatic rings. The second-order valence-electron chi connectivity index (χ2n) is 7.78. The van der Waals surface area contributed by atoms with Gasteiger partial charge in [0.05, 0.1) is 0 Å². The summed E-state index contributed by atoms with van der Waals surface area (Å²) in [5.41, 5.74) is 0.823. The summed E-state index contributed by atoms with van der Waals surface area (Å²) >= 11 is 0. The Morgan fingerprint density at radius 3 is 2.72 bits per heavy atom. The average Bonchev–Trinajstić information content (AvgIpc) is 3.02. The summed E-state index contributed by atoms with van der Waals surface area (Å²) in [5.74, 6) is 0. The predicted molar refractivity (Wildman–Crippen MR) is 102 cm³/mol. The van der Waals surface area contributed by atoms with E-state index in [4.69, 9.17) is 4.74 Å². The van der Waals surface area contributed by atoms with Crippen LogP contribution in [0.5, 0.6) is 0 Å². The van der Waals surface area contributed by atoms with E-state index in [1.807, 2.05) is 25.7 Å². The van der Waals surface area contributed by atoms with Gasteiger partial charge in [-0.3, -0.25) is 0 Å². The Bertz CT molecular complexity index is 736. The zero-order valence-corrected chi connectivity index (χ0v) is 15.4. The maximum absolute atomic E-state index is 12.3. The molecule has 0 bridgehead atoms. The molecule has 0 spiro atoms. The molecule has 134 valence electrons. The molecular formula is C21H28N2O2. The molecule has 4 nitrogen and oxygen atoms in total. The number of ether oxygens (including phenoxy) is 1. The van der Waals surface area contributed by atoms with Crippen LogP contribution in [0, 0.1) is 0 Å². The van der Waals surface area contributed by atoms with Crippen molar-refractivity contribution >= 4 is 16.9 Å². The van der Waals surface area contributed by atoms with Gasteiger partial charge in [0.2, 0.25) is 0 Å². The summed E-state index contributed by atoms with van der Waals surface area (Å²) < 4.78 is 5.52. The summed E-state index contributed by atoms with van der Waals surface area (Å²) in [4.78, 5) is 14.2. The van der Waals surface area contributed by atoms with Crippen molar-refractivity contribution in [2.45, 2.75) is 51.8 Å². The van der Waals surface area contributed by atoms with Crippen LogP contribution in [0.1, 0.15) is 39.2 Å². The van der Waals surface area contributed by atoms with Gasteiger partial charge in [0.1, 0.15) is 5.60 Å². The minimum absolute atomic E-state index is 0.192. The number of carbonyl (C=O) groups is 1. The van der Waals surface area contributed by atoms with Crippen molar-refractivity contribution in [3.63, 3.8) is 0 Å². The highest BCUT2D eigenvalue weighted by Gasteiger charge is 2.31. The molecule has 1 heterocycles. The lowest BCUT2D eigenvalue weighted by atomic mass is 10.1. The van der Waals surface area contributed by atoms with Gasteiger partial charge in [0, 0.05) is 25.7 Å². The number of nitrogens with zero attached hydrogens (tertiary/aromatic N) is 1. The zero-order valence-electron chi connectivity index (χ0n) is 15.4. The first kappa shape index (κ1) is 17.7. The van der Waals surface area contributed by atoms with E-state index in [0.717, 1.165) is 32.5 Å². The Balaban J connectivity index is 1.54. The SMILES string of the molecule is CC(C)(C)OC(=O)N1CCCC1CNCc1ccc2ccccc2c1. The van der Waals surface area contributed by atoms with Crippen LogP contribution in [0.3, 0.4) is 0 Å². The molecule has 0 saturated carbocycles. The minimum Gasteiger partial charge on any atom is -0.444 e.